The highest BCUT2D eigenvalue weighted by Crippen LogP contribution is 2.25. The lowest BCUT2D eigenvalue weighted by atomic mass is 10.2. The van der Waals surface area contributed by atoms with Crippen LogP contribution in [0, 0.1) is 0 Å². The van der Waals surface area contributed by atoms with Crippen LogP contribution in [0.3, 0.4) is 0 Å². The molecule has 6 heteroatoms. The first kappa shape index (κ1) is 13.0. The maximum Gasteiger partial charge on any atom is 0.181 e. The van der Waals surface area contributed by atoms with E-state index < -0.39 is 9.84 Å². The Kier molecular flexibility index (Phi) is 3.63. The van der Waals surface area contributed by atoms with E-state index in [1.54, 1.807) is 37.5 Å². The van der Waals surface area contributed by atoms with Crippen molar-refractivity contribution >= 4 is 21.4 Å². The van der Waals surface area contributed by atoms with Crippen LogP contribution in [0.5, 0.6) is 0 Å². The van der Waals surface area contributed by atoms with Crippen molar-refractivity contribution in [1.29, 1.82) is 0 Å². The first-order chi connectivity index (χ1) is 8.54. The highest BCUT2D eigenvalue weighted by Gasteiger charge is 2.17. The van der Waals surface area contributed by atoms with Gasteiger partial charge >= 0.3 is 0 Å². The van der Waals surface area contributed by atoms with Crippen LogP contribution in [0.25, 0.3) is 11.3 Å². The second-order valence-corrected chi connectivity index (χ2v) is 6.23. The predicted octanol–water partition coefficient (Wildman–Crippen LogP) is 2.59. The molecule has 0 aliphatic rings. The second kappa shape index (κ2) is 5.04. The summed E-state index contributed by atoms with van der Waals surface area (Å²) in [4.78, 5) is 8.10. The molecule has 0 amide bonds. The van der Waals surface area contributed by atoms with Crippen LogP contribution in [-0.4, -0.2) is 24.1 Å². The number of hydrogen-bond donors (Lipinski definition) is 0. The molecule has 0 aliphatic heterocycles. The average Bonchev–Trinajstić information content (AvgIpc) is 2.39. The molecule has 0 fully saturated rings. The molecule has 0 saturated carbocycles. The zero-order valence-electron chi connectivity index (χ0n) is 9.67. The molecule has 2 aromatic heterocycles. The molecule has 0 radical (unpaired) electrons. The first-order valence-corrected chi connectivity index (χ1v) is 7.37. The van der Waals surface area contributed by atoms with Crippen molar-refractivity contribution in [3.63, 3.8) is 0 Å². The predicted molar refractivity (Wildman–Crippen MR) is 70.2 cm³/mol. The zero-order valence-corrected chi connectivity index (χ0v) is 11.2. The van der Waals surface area contributed by atoms with Gasteiger partial charge in [0.15, 0.2) is 9.84 Å². The zero-order chi connectivity index (χ0) is 13.2. The van der Waals surface area contributed by atoms with Gasteiger partial charge in [0.1, 0.15) is 10.0 Å². The molecular formula is C12H11ClN2O2S. The molecule has 94 valence electrons. The molecule has 2 aromatic rings. The van der Waals surface area contributed by atoms with Crippen LogP contribution in [0.15, 0.2) is 41.6 Å². The van der Waals surface area contributed by atoms with Gasteiger partial charge in [-0.2, -0.15) is 0 Å². The maximum absolute atomic E-state index is 11.7. The van der Waals surface area contributed by atoms with Crippen molar-refractivity contribution in [2.24, 2.45) is 0 Å². The van der Waals surface area contributed by atoms with Crippen molar-refractivity contribution in [3.05, 3.63) is 41.8 Å². The van der Waals surface area contributed by atoms with Gasteiger partial charge in [0.2, 0.25) is 0 Å². The van der Waals surface area contributed by atoms with Crippen molar-refractivity contribution in [2.75, 3.05) is 5.75 Å². The SMILES string of the molecule is CCS(=O)(=O)c1ccc(-c2ccncc2)nc1Cl. The summed E-state index contributed by atoms with van der Waals surface area (Å²) in [5.74, 6) is 0.00298. The van der Waals surface area contributed by atoms with Crippen LogP contribution in [-0.2, 0) is 9.84 Å². The van der Waals surface area contributed by atoms with E-state index in [-0.39, 0.29) is 15.8 Å². The first-order valence-electron chi connectivity index (χ1n) is 5.34. The van der Waals surface area contributed by atoms with E-state index in [0.29, 0.717) is 5.69 Å². The van der Waals surface area contributed by atoms with Gasteiger partial charge in [-0.1, -0.05) is 18.5 Å². The summed E-state index contributed by atoms with van der Waals surface area (Å²) in [6.07, 6.45) is 3.28. The fourth-order valence-electron chi connectivity index (χ4n) is 1.49. The van der Waals surface area contributed by atoms with Gasteiger partial charge < -0.3 is 0 Å². The highest BCUT2D eigenvalue weighted by molar-refractivity contribution is 7.91. The monoisotopic (exact) mass is 282 g/mol. The van der Waals surface area contributed by atoms with Crippen molar-refractivity contribution in [2.45, 2.75) is 11.8 Å². The molecule has 2 heterocycles. The van der Waals surface area contributed by atoms with E-state index in [4.69, 9.17) is 11.6 Å². The third-order valence-electron chi connectivity index (χ3n) is 2.51. The van der Waals surface area contributed by atoms with Crippen LogP contribution in [0.4, 0.5) is 0 Å². The Hall–Kier alpha value is -1.46. The standard InChI is InChI=1S/C12H11ClN2O2S/c1-2-18(16,17)11-4-3-10(15-12(11)13)9-5-7-14-8-6-9/h3-8H,2H2,1H3. The van der Waals surface area contributed by atoms with E-state index in [0.717, 1.165) is 5.56 Å². The van der Waals surface area contributed by atoms with Gasteiger partial charge in [-0.3, -0.25) is 4.98 Å². The summed E-state index contributed by atoms with van der Waals surface area (Å²) in [6, 6.07) is 6.70. The average molecular weight is 283 g/mol. The van der Waals surface area contributed by atoms with Gasteiger partial charge in [0.25, 0.3) is 0 Å². The van der Waals surface area contributed by atoms with E-state index in [9.17, 15) is 8.42 Å². The Labute approximate surface area is 111 Å². The van der Waals surface area contributed by atoms with Gasteiger partial charge in [-0.25, -0.2) is 13.4 Å². The Balaban J connectivity index is 2.50. The molecular weight excluding hydrogens is 272 g/mol. The lowest BCUT2D eigenvalue weighted by Crippen LogP contribution is -2.05. The number of pyridine rings is 2. The molecule has 0 atom stereocenters. The minimum atomic E-state index is -3.33. The van der Waals surface area contributed by atoms with E-state index in [1.807, 2.05) is 0 Å². The number of hydrogen-bond acceptors (Lipinski definition) is 4. The van der Waals surface area contributed by atoms with Crippen molar-refractivity contribution in [1.82, 2.24) is 9.97 Å². The molecule has 18 heavy (non-hydrogen) atoms. The molecule has 0 bridgehead atoms. The number of nitrogens with zero attached hydrogens (tertiary/aromatic N) is 2. The lowest BCUT2D eigenvalue weighted by molar-refractivity contribution is 0.597. The van der Waals surface area contributed by atoms with Crippen molar-refractivity contribution in [3.8, 4) is 11.3 Å². The Morgan fingerprint density at radius 3 is 2.39 bits per heavy atom. The third kappa shape index (κ3) is 2.52. The summed E-state index contributed by atoms with van der Waals surface area (Å²) in [6.45, 7) is 1.57. The van der Waals surface area contributed by atoms with E-state index in [2.05, 4.69) is 9.97 Å². The number of halogens is 1. The number of rotatable bonds is 3. The fourth-order valence-corrected chi connectivity index (χ4v) is 2.89. The van der Waals surface area contributed by atoms with Gasteiger partial charge in [-0.15, -0.1) is 0 Å². The summed E-state index contributed by atoms with van der Waals surface area (Å²) < 4.78 is 23.5. The molecule has 0 spiro atoms. The second-order valence-electron chi connectivity index (χ2n) is 3.62. The Morgan fingerprint density at radius 1 is 1.17 bits per heavy atom. The minimum absolute atomic E-state index is 0.00298. The Morgan fingerprint density at radius 2 is 1.83 bits per heavy atom. The molecule has 0 unspecified atom stereocenters. The fraction of sp³-hybridized carbons (Fsp3) is 0.167. The Bertz CT molecular complexity index is 657. The molecule has 0 aromatic carbocycles. The molecule has 0 saturated heterocycles. The topological polar surface area (TPSA) is 59.9 Å². The highest BCUT2D eigenvalue weighted by atomic mass is 35.5. The smallest absolute Gasteiger partial charge is 0.181 e. The van der Waals surface area contributed by atoms with Crippen LogP contribution in [0.2, 0.25) is 5.15 Å². The summed E-state index contributed by atoms with van der Waals surface area (Å²) in [5, 5.41) is 0.00571. The molecule has 2 rings (SSSR count). The van der Waals surface area contributed by atoms with Gasteiger partial charge in [0, 0.05) is 18.0 Å². The third-order valence-corrected chi connectivity index (χ3v) is 4.67. The number of aromatic nitrogens is 2. The van der Waals surface area contributed by atoms with Crippen LogP contribution < -0.4 is 0 Å². The maximum atomic E-state index is 11.7. The number of sulfone groups is 1. The van der Waals surface area contributed by atoms with Crippen LogP contribution >= 0.6 is 11.6 Å². The summed E-state index contributed by atoms with van der Waals surface area (Å²) in [7, 11) is -3.33. The minimum Gasteiger partial charge on any atom is -0.265 e. The van der Waals surface area contributed by atoms with E-state index in [1.165, 1.54) is 6.07 Å². The quantitative estimate of drug-likeness (QED) is 0.812. The molecule has 0 aliphatic carbocycles. The normalized spacial score (nSPS) is 11.4. The summed E-state index contributed by atoms with van der Waals surface area (Å²) >= 11 is 5.94. The van der Waals surface area contributed by atoms with Crippen molar-refractivity contribution < 1.29 is 8.42 Å². The largest absolute Gasteiger partial charge is 0.265 e. The van der Waals surface area contributed by atoms with E-state index >= 15 is 0 Å². The molecule has 0 N–H and O–H groups in total. The van der Waals surface area contributed by atoms with Crippen LogP contribution in [0.1, 0.15) is 6.92 Å². The summed E-state index contributed by atoms with van der Waals surface area (Å²) in [5.41, 5.74) is 1.46. The molecule has 4 nitrogen and oxygen atoms in total. The van der Waals surface area contributed by atoms with Gasteiger partial charge in [0.05, 0.1) is 11.4 Å². The van der Waals surface area contributed by atoms with Gasteiger partial charge in [-0.05, 0) is 24.3 Å². The lowest BCUT2D eigenvalue weighted by Gasteiger charge is -2.06.